The zero-order valence-electron chi connectivity index (χ0n) is 8.31. The second kappa shape index (κ2) is 3.34. The van der Waals surface area contributed by atoms with E-state index < -0.39 is 0 Å². The number of hydrogen-bond donors (Lipinski definition) is 1. The first-order chi connectivity index (χ1) is 7.86. The molecular weight excluding hydrogens is 204 g/mol. The summed E-state index contributed by atoms with van der Waals surface area (Å²) in [4.78, 5) is 14.6. The van der Waals surface area contributed by atoms with Crippen LogP contribution < -0.4 is 10.1 Å². The summed E-state index contributed by atoms with van der Waals surface area (Å²) >= 11 is 0. The molecular formula is C12H8N2O2. The smallest absolute Gasteiger partial charge is 0.168 e. The summed E-state index contributed by atoms with van der Waals surface area (Å²) < 4.78 is 5.35. The Morgan fingerprint density at radius 1 is 1.25 bits per heavy atom. The fourth-order valence-electron chi connectivity index (χ4n) is 1.70. The van der Waals surface area contributed by atoms with Gasteiger partial charge in [-0.1, -0.05) is 0 Å². The van der Waals surface area contributed by atoms with E-state index in [2.05, 4.69) is 10.3 Å². The van der Waals surface area contributed by atoms with Crippen LogP contribution in [0.3, 0.4) is 0 Å². The maximum absolute atomic E-state index is 10.6. The van der Waals surface area contributed by atoms with Crippen LogP contribution in [-0.4, -0.2) is 11.3 Å². The minimum atomic E-state index is 0.430. The quantitative estimate of drug-likeness (QED) is 0.737. The lowest BCUT2D eigenvalue weighted by Crippen LogP contribution is -1.99. The van der Waals surface area contributed by atoms with Gasteiger partial charge in [0, 0.05) is 17.8 Å². The van der Waals surface area contributed by atoms with Crippen LogP contribution in [0.1, 0.15) is 10.5 Å². The molecule has 2 aromatic rings. The predicted molar refractivity (Wildman–Crippen MR) is 60.5 cm³/mol. The third-order valence-electron chi connectivity index (χ3n) is 2.46. The van der Waals surface area contributed by atoms with Gasteiger partial charge in [-0.3, -0.25) is 9.78 Å². The standard InChI is InChI=1S/C12H8N2O2/c15-7-10-3-8-4-11-12(16-2-1-13-11)5-9(8)6-14-10/h1-7,13H. The number of fused-ring (bicyclic) bond motifs is 2. The fraction of sp³-hybridized carbons (Fsp3) is 0. The molecule has 0 unspecified atom stereocenters. The molecule has 78 valence electrons. The molecule has 0 amide bonds. The van der Waals surface area contributed by atoms with Gasteiger partial charge >= 0.3 is 0 Å². The maximum Gasteiger partial charge on any atom is 0.168 e. The van der Waals surface area contributed by atoms with Gasteiger partial charge in [-0.25, -0.2) is 0 Å². The molecule has 1 aliphatic rings. The molecule has 3 rings (SSSR count). The van der Waals surface area contributed by atoms with Crippen molar-refractivity contribution in [2.75, 3.05) is 5.32 Å². The number of benzene rings is 1. The van der Waals surface area contributed by atoms with Crippen molar-refractivity contribution in [1.82, 2.24) is 4.98 Å². The van der Waals surface area contributed by atoms with Crippen molar-refractivity contribution < 1.29 is 9.53 Å². The summed E-state index contributed by atoms with van der Waals surface area (Å²) in [5, 5.41) is 4.98. The lowest BCUT2D eigenvalue weighted by atomic mass is 10.1. The number of aldehydes is 1. The van der Waals surface area contributed by atoms with Crippen LogP contribution in [0.25, 0.3) is 10.8 Å². The van der Waals surface area contributed by atoms with Gasteiger partial charge in [0.05, 0.1) is 5.69 Å². The molecule has 0 radical (unpaired) electrons. The van der Waals surface area contributed by atoms with E-state index in [9.17, 15) is 4.79 Å². The molecule has 0 saturated heterocycles. The van der Waals surface area contributed by atoms with Crippen molar-refractivity contribution in [3.8, 4) is 5.75 Å². The van der Waals surface area contributed by atoms with E-state index in [0.717, 1.165) is 28.5 Å². The molecule has 1 aliphatic heterocycles. The molecule has 4 nitrogen and oxygen atoms in total. The Morgan fingerprint density at radius 3 is 3.06 bits per heavy atom. The first-order valence-corrected chi connectivity index (χ1v) is 4.84. The Morgan fingerprint density at radius 2 is 2.19 bits per heavy atom. The molecule has 0 saturated carbocycles. The van der Waals surface area contributed by atoms with E-state index >= 15 is 0 Å². The first kappa shape index (κ1) is 8.91. The van der Waals surface area contributed by atoms with Crippen LogP contribution in [0.4, 0.5) is 5.69 Å². The SMILES string of the molecule is O=Cc1cc2cc3c(cc2cn1)OC=CN3. The zero-order valence-corrected chi connectivity index (χ0v) is 8.31. The molecule has 0 bridgehead atoms. The van der Waals surface area contributed by atoms with E-state index in [0.29, 0.717) is 5.69 Å². The Kier molecular flexibility index (Phi) is 1.86. The molecule has 4 heteroatoms. The lowest BCUT2D eigenvalue weighted by Gasteiger charge is -2.14. The minimum absolute atomic E-state index is 0.430. The van der Waals surface area contributed by atoms with Crippen LogP contribution in [0.5, 0.6) is 5.75 Å². The Balaban J connectivity index is 2.25. The number of nitrogens with one attached hydrogen (secondary N) is 1. The van der Waals surface area contributed by atoms with E-state index in [1.165, 1.54) is 0 Å². The predicted octanol–water partition coefficient (Wildman–Crippen LogP) is 2.32. The van der Waals surface area contributed by atoms with Gasteiger partial charge in [0.2, 0.25) is 0 Å². The normalized spacial score (nSPS) is 12.8. The van der Waals surface area contributed by atoms with Crippen LogP contribution >= 0.6 is 0 Å². The molecule has 1 aromatic heterocycles. The lowest BCUT2D eigenvalue weighted by molar-refractivity contribution is 0.111. The van der Waals surface area contributed by atoms with Crippen LogP contribution in [0.2, 0.25) is 0 Å². The van der Waals surface area contributed by atoms with Gasteiger partial charge in [-0.2, -0.15) is 0 Å². The molecule has 1 aromatic carbocycles. The largest absolute Gasteiger partial charge is 0.461 e. The summed E-state index contributed by atoms with van der Waals surface area (Å²) in [6, 6.07) is 5.58. The van der Waals surface area contributed by atoms with Crippen molar-refractivity contribution in [3.05, 3.63) is 42.6 Å². The minimum Gasteiger partial charge on any atom is -0.461 e. The number of carbonyl (C=O) groups is 1. The highest BCUT2D eigenvalue weighted by Gasteiger charge is 2.08. The number of nitrogens with zero attached hydrogens (tertiary/aromatic N) is 1. The van der Waals surface area contributed by atoms with Gasteiger partial charge in [0.15, 0.2) is 12.0 Å². The average Bonchev–Trinajstić information content (AvgIpc) is 2.35. The van der Waals surface area contributed by atoms with Gasteiger partial charge in [0.25, 0.3) is 0 Å². The van der Waals surface area contributed by atoms with E-state index in [1.807, 2.05) is 12.1 Å². The topological polar surface area (TPSA) is 51.2 Å². The number of anilines is 1. The molecule has 0 fully saturated rings. The van der Waals surface area contributed by atoms with Gasteiger partial charge in [0.1, 0.15) is 12.0 Å². The second-order valence-electron chi connectivity index (χ2n) is 3.49. The number of hydrogen-bond acceptors (Lipinski definition) is 4. The molecule has 1 N–H and O–H groups in total. The number of carbonyl (C=O) groups excluding carboxylic acids is 1. The van der Waals surface area contributed by atoms with E-state index in [4.69, 9.17) is 4.74 Å². The number of pyridine rings is 1. The monoisotopic (exact) mass is 212 g/mol. The molecule has 2 heterocycles. The summed E-state index contributed by atoms with van der Waals surface area (Å²) in [5.74, 6) is 0.760. The maximum atomic E-state index is 10.6. The van der Waals surface area contributed by atoms with Crippen molar-refractivity contribution in [2.24, 2.45) is 0 Å². The van der Waals surface area contributed by atoms with Gasteiger partial charge in [-0.05, 0) is 23.6 Å². The van der Waals surface area contributed by atoms with E-state index in [-0.39, 0.29) is 0 Å². The van der Waals surface area contributed by atoms with Crippen molar-refractivity contribution >= 4 is 22.7 Å². The summed E-state index contributed by atoms with van der Waals surface area (Å²) in [5.41, 5.74) is 1.32. The average molecular weight is 212 g/mol. The van der Waals surface area contributed by atoms with Crippen LogP contribution in [-0.2, 0) is 0 Å². The second-order valence-corrected chi connectivity index (χ2v) is 3.49. The third kappa shape index (κ3) is 1.32. The van der Waals surface area contributed by atoms with E-state index in [1.54, 1.807) is 24.7 Å². The van der Waals surface area contributed by atoms with Crippen molar-refractivity contribution in [3.63, 3.8) is 0 Å². The Labute approximate surface area is 91.6 Å². The van der Waals surface area contributed by atoms with Gasteiger partial charge in [-0.15, -0.1) is 0 Å². The number of aromatic nitrogens is 1. The number of rotatable bonds is 1. The summed E-state index contributed by atoms with van der Waals surface area (Å²) in [6.07, 6.45) is 5.71. The van der Waals surface area contributed by atoms with Crippen LogP contribution in [0.15, 0.2) is 36.9 Å². The fourth-order valence-corrected chi connectivity index (χ4v) is 1.70. The zero-order chi connectivity index (χ0) is 11.0. The number of ether oxygens (including phenoxy) is 1. The summed E-state index contributed by atoms with van der Waals surface area (Å²) in [7, 11) is 0. The molecule has 16 heavy (non-hydrogen) atoms. The molecule has 0 spiro atoms. The van der Waals surface area contributed by atoms with Gasteiger partial charge < -0.3 is 10.1 Å². The first-order valence-electron chi connectivity index (χ1n) is 4.84. The Hall–Kier alpha value is -2.36. The third-order valence-corrected chi connectivity index (χ3v) is 2.46. The highest BCUT2D eigenvalue weighted by atomic mass is 16.5. The molecule has 0 atom stereocenters. The summed E-state index contributed by atoms with van der Waals surface area (Å²) in [6.45, 7) is 0. The van der Waals surface area contributed by atoms with Crippen molar-refractivity contribution in [2.45, 2.75) is 0 Å². The highest BCUT2D eigenvalue weighted by molar-refractivity contribution is 5.91. The molecule has 0 aliphatic carbocycles. The Bertz CT molecular complexity index is 605. The highest BCUT2D eigenvalue weighted by Crippen LogP contribution is 2.32. The van der Waals surface area contributed by atoms with Crippen molar-refractivity contribution in [1.29, 1.82) is 0 Å². The van der Waals surface area contributed by atoms with Crippen LogP contribution in [0, 0.1) is 0 Å².